The second kappa shape index (κ2) is 9.66. The van der Waals surface area contributed by atoms with E-state index >= 15 is 0 Å². The summed E-state index contributed by atoms with van der Waals surface area (Å²) < 4.78 is 42.3. The molecule has 0 bridgehead atoms. The number of benzene rings is 1. The van der Waals surface area contributed by atoms with Crippen LogP contribution in [0.1, 0.15) is 18.4 Å². The van der Waals surface area contributed by atoms with Crippen molar-refractivity contribution in [3.8, 4) is 5.75 Å². The minimum atomic E-state index is -2.87. The lowest BCUT2D eigenvalue weighted by atomic mass is 10.1. The van der Waals surface area contributed by atoms with Gasteiger partial charge in [-0.2, -0.15) is 8.78 Å². The standard InChI is InChI=1S/C18H24BrF2N3O3/c1-22-18(24-6-8-26-16(11-24)15-3-2-7-25-15)23-10-12-9-13(19)4-5-14(12)27-17(20)21/h4-5,9,15-17H,2-3,6-8,10-11H2,1H3,(H,22,23). The Labute approximate surface area is 166 Å². The zero-order chi connectivity index (χ0) is 19.2. The highest BCUT2D eigenvalue weighted by atomic mass is 79.9. The number of hydrogen-bond donors (Lipinski definition) is 1. The van der Waals surface area contributed by atoms with Crippen LogP contribution in [0.2, 0.25) is 0 Å². The monoisotopic (exact) mass is 447 g/mol. The number of rotatable bonds is 5. The molecule has 0 saturated carbocycles. The molecule has 0 aromatic heterocycles. The summed E-state index contributed by atoms with van der Waals surface area (Å²) in [6.45, 7) is 0.228. The lowest BCUT2D eigenvalue weighted by Gasteiger charge is -2.37. The predicted molar refractivity (Wildman–Crippen MR) is 101 cm³/mol. The third-order valence-corrected chi connectivity index (χ3v) is 5.15. The van der Waals surface area contributed by atoms with Gasteiger partial charge in [-0.15, -0.1) is 0 Å². The van der Waals surface area contributed by atoms with Crippen molar-refractivity contribution in [1.29, 1.82) is 0 Å². The summed E-state index contributed by atoms with van der Waals surface area (Å²) in [4.78, 5) is 6.45. The van der Waals surface area contributed by atoms with Crippen LogP contribution < -0.4 is 10.1 Å². The van der Waals surface area contributed by atoms with Crippen molar-refractivity contribution in [1.82, 2.24) is 10.2 Å². The van der Waals surface area contributed by atoms with E-state index in [1.54, 1.807) is 19.2 Å². The number of morpholine rings is 1. The highest BCUT2D eigenvalue weighted by Crippen LogP contribution is 2.25. The summed E-state index contributed by atoms with van der Waals surface area (Å²) in [5.74, 6) is 0.847. The minimum absolute atomic E-state index is 0.0170. The number of nitrogens with one attached hydrogen (secondary N) is 1. The average Bonchev–Trinajstić information content (AvgIpc) is 3.19. The number of aliphatic imine (C=N–C) groups is 1. The van der Waals surface area contributed by atoms with Crippen LogP contribution in [-0.4, -0.2) is 63.0 Å². The van der Waals surface area contributed by atoms with Crippen molar-refractivity contribution in [2.24, 2.45) is 4.99 Å². The van der Waals surface area contributed by atoms with Gasteiger partial charge in [0.1, 0.15) is 11.9 Å². The van der Waals surface area contributed by atoms with Crippen molar-refractivity contribution in [2.75, 3.05) is 33.4 Å². The fraction of sp³-hybridized carbons (Fsp3) is 0.611. The van der Waals surface area contributed by atoms with E-state index in [1.807, 2.05) is 0 Å². The van der Waals surface area contributed by atoms with E-state index in [-0.39, 0.29) is 18.0 Å². The van der Waals surface area contributed by atoms with Gasteiger partial charge < -0.3 is 24.4 Å². The van der Waals surface area contributed by atoms with Crippen molar-refractivity contribution in [3.05, 3.63) is 28.2 Å². The first-order valence-corrected chi connectivity index (χ1v) is 9.78. The Morgan fingerprint density at radius 3 is 2.89 bits per heavy atom. The highest BCUT2D eigenvalue weighted by Gasteiger charge is 2.32. The van der Waals surface area contributed by atoms with Crippen LogP contribution >= 0.6 is 15.9 Å². The van der Waals surface area contributed by atoms with Crippen LogP contribution in [0.15, 0.2) is 27.7 Å². The van der Waals surface area contributed by atoms with Gasteiger partial charge in [0.05, 0.1) is 12.7 Å². The van der Waals surface area contributed by atoms with E-state index in [0.29, 0.717) is 37.8 Å². The zero-order valence-electron chi connectivity index (χ0n) is 15.2. The van der Waals surface area contributed by atoms with Crippen molar-refractivity contribution < 1.29 is 23.0 Å². The number of nitrogens with zero attached hydrogens (tertiary/aromatic N) is 2. The minimum Gasteiger partial charge on any atom is -0.434 e. The van der Waals surface area contributed by atoms with Gasteiger partial charge in [-0.05, 0) is 31.0 Å². The molecular weight excluding hydrogens is 424 g/mol. The number of ether oxygens (including phenoxy) is 3. The van der Waals surface area contributed by atoms with Crippen LogP contribution in [0.4, 0.5) is 8.78 Å². The molecule has 150 valence electrons. The van der Waals surface area contributed by atoms with E-state index in [4.69, 9.17) is 9.47 Å². The normalized spacial score (nSPS) is 23.7. The summed E-state index contributed by atoms with van der Waals surface area (Å²) in [6.07, 6.45) is 2.22. The molecule has 3 rings (SSSR count). The molecule has 0 spiro atoms. The molecule has 0 aliphatic carbocycles. The Morgan fingerprint density at radius 2 is 2.19 bits per heavy atom. The molecule has 9 heteroatoms. The van der Waals surface area contributed by atoms with Gasteiger partial charge in [-0.25, -0.2) is 0 Å². The summed E-state index contributed by atoms with van der Waals surface area (Å²) >= 11 is 3.37. The molecule has 0 radical (unpaired) electrons. The first-order valence-electron chi connectivity index (χ1n) is 8.99. The molecular formula is C18H24BrF2N3O3. The maximum absolute atomic E-state index is 12.6. The second-order valence-electron chi connectivity index (χ2n) is 6.44. The van der Waals surface area contributed by atoms with E-state index < -0.39 is 6.61 Å². The molecule has 2 aliphatic heterocycles. The highest BCUT2D eigenvalue weighted by molar-refractivity contribution is 9.10. The molecule has 1 N–H and O–H groups in total. The quantitative estimate of drug-likeness (QED) is 0.555. The van der Waals surface area contributed by atoms with Crippen molar-refractivity contribution in [2.45, 2.75) is 38.2 Å². The van der Waals surface area contributed by atoms with Gasteiger partial charge in [0, 0.05) is 43.3 Å². The lowest BCUT2D eigenvalue weighted by molar-refractivity contribution is -0.0817. The summed E-state index contributed by atoms with van der Waals surface area (Å²) in [5, 5.41) is 3.24. The van der Waals surface area contributed by atoms with Gasteiger partial charge in [-0.3, -0.25) is 4.99 Å². The average molecular weight is 448 g/mol. The SMILES string of the molecule is CN=C(NCc1cc(Br)ccc1OC(F)F)N1CCOC(C2CCCO2)C1. The summed E-state index contributed by atoms with van der Waals surface area (Å²) in [6, 6.07) is 4.95. The molecule has 1 aromatic rings. The Morgan fingerprint density at radius 1 is 1.37 bits per heavy atom. The van der Waals surface area contributed by atoms with Crippen LogP contribution in [0.25, 0.3) is 0 Å². The second-order valence-corrected chi connectivity index (χ2v) is 7.35. The molecule has 2 heterocycles. The molecule has 2 atom stereocenters. The molecule has 6 nitrogen and oxygen atoms in total. The predicted octanol–water partition coefficient (Wildman–Crippen LogP) is 3.01. The van der Waals surface area contributed by atoms with Gasteiger partial charge in [0.15, 0.2) is 5.96 Å². The Bertz CT molecular complexity index is 657. The maximum atomic E-state index is 12.6. The molecule has 2 unspecified atom stereocenters. The first kappa shape index (κ1) is 20.3. The van der Waals surface area contributed by atoms with Gasteiger partial charge >= 0.3 is 6.61 Å². The lowest BCUT2D eigenvalue weighted by Crippen LogP contribution is -2.53. The molecule has 2 fully saturated rings. The fourth-order valence-corrected chi connectivity index (χ4v) is 3.80. The molecule has 0 amide bonds. The Kier molecular flexibility index (Phi) is 7.26. The number of guanidine groups is 1. The Balaban J connectivity index is 1.63. The van der Waals surface area contributed by atoms with Crippen LogP contribution in [-0.2, 0) is 16.0 Å². The first-order chi connectivity index (χ1) is 13.1. The van der Waals surface area contributed by atoms with Crippen LogP contribution in [0.3, 0.4) is 0 Å². The number of halogens is 3. The number of hydrogen-bond acceptors (Lipinski definition) is 4. The summed E-state index contributed by atoms with van der Waals surface area (Å²) in [7, 11) is 1.70. The van der Waals surface area contributed by atoms with E-state index in [1.165, 1.54) is 6.07 Å². The maximum Gasteiger partial charge on any atom is 0.387 e. The van der Waals surface area contributed by atoms with Crippen LogP contribution in [0, 0.1) is 0 Å². The third-order valence-electron chi connectivity index (χ3n) is 4.66. The molecule has 1 aromatic carbocycles. The summed E-state index contributed by atoms with van der Waals surface area (Å²) in [5.41, 5.74) is 0.620. The smallest absolute Gasteiger partial charge is 0.387 e. The van der Waals surface area contributed by atoms with Crippen molar-refractivity contribution >= 4 is 21.9 Å². The molecule has 27 heavy (non-hydrogen) atoms. The van der Waals surface area contributed by atoms with E-state index in [9.17, 15) is 8.78 Å². The van der Waals surface area contributed by atoms with Crippen molar-refractivity contribution in [3.63, 3.8) is 0 Å². The van der Waals surface area contributed by atoms with Gasteiger partial charge in [0.25, 0.3) is 0 Å². The molecule has 2 saturated heterocycles. The third kappa shape index (κ3) is 5.52. The van der Waals surface area contributed by atoms with Gasteiger partial charge in [0.2, 0.25) is 0 Å². The van der Waals surface area contributed by atoms with E-state index in [0.717, 1.165) is 23.9 Å². The number of alkyl halides is 2. The van der Waals surface area contributed by atoms with Gasteiger partial charge in [-0.1, -0.05) is 15.9 Å². The fourth-order valence-electron chi connectivity index (χ4n) is 3.39. The van der Waals surface area contributed by atoms with Crippen LogP contribution in [0.5, 0.6) is 5.75 Å². The van der Waals surface area contributed by atoms with E-state index in [2.05, 4.69) is 35.9 Å². The molecule has 2 aliphatic rings. The largest absolute Gasteiger partial charge is 0.434 e. The zero-order valence-corrected chi connectivity index (χ0v) is 16.8. The topological polar surface area (TPSA) is 55.3 Å². The Hall–Kier alpha value is -1.45.